The number of hydrogen-bond donors (Lipinski definition) is 0. The first-order valence-corrected chi connectivity index (χ1v) is 8.81. The van der Waals surface area contributed by atoms with Crippen LogP contribution < -0.4 is 4.90 Å². The molecule has 2 heterocycles. The van der Waals surface area contributed by atoms with E-state index < -0.39 is 11.7 Å². The van der Waals surface area contributed by atoms with Gasteiger partial charge < -0.3 is 4.74 Å². The van der Waals surface area contributed by atoms with Gasteiger partial charge in [-0.05, 0) is 44.9 Å². The zero-order valence-electron chi connectivity index (χ0n) is 15.9. The number of halogens is 1. The summed E-state index contributed by atoms with van der Waals surface area (Å²) in [6.07, 6.45) is 3.43. The Kier molecular flexibility index (Phi) is 4.51. The molecule has 1 aliphatic heterocycles. The van der Waals surface area contributed by atoms with Crippen LogP contribution in [0.2, 0.25) is 0 Å². The molecule has 26 heavy (non-hydrogen) atoms. The lowest BCUT2D eigenvalue weighted by Gasteiger charge is -2.34. The average Bonchev–Trinajstić information content (AvgIpc) is 2.76. The van der Waals surface area contributed by atoms with Crippen molar-refractivity contribution in [2.24, 2.45) is 0 Å². The Labute approximate surface area is 154 Å². The van der Waals surface area contributed by atoms with Gasteiger partial charge in [0.2, 0.25) is 0 Å². The van der Waals surface area contributed by atoms with Crippen molar-refractivity contribution in [3.05, 3.63) is 59.7 Å². The van der Waals surface area contributed by atoms with Crippen LogP contribution in [-0.4, -0.2) is 22.7 Å². The number of amides is 1. The van der Waals surface area contributed by atoms with Crippen LogP contribution in [0.5, 0.6) is 0 Å². The Hall–Kier alpha value is -2.43. The predicted octanol–water partition coefficient (Wildman–Crippen LogP) is 4.86. The first-order valence-electron chi connectivity index (χ1n) is 8.81. The summed E-state index contributed by atoms with van der Waals surface area (Å²) in [7, 11) is 0. The Morgan fingerprint density at radius 3 is 2.62 bits per heavy atom. The van der Waals surface area contributed by atoms with Gasteiger partial charge in [0.25, 0.3) is 0 Å². The lowest BCUT2D eigenvalue weighted by Crippen LogP contribution is -2.48. The van der Waals surface area contributed by atoms with Gasteiger partial charge in [-0.3, -0.25) is 9.88 Å². The maximum Gasteiger partial charge on any atom is 0.415 e. The number of benzene rings is 1. The molecule has 1 amide bonds. The SMILES string of the molecule is CC(C)(C)OC(=O)N1c2ccncc2C(C)(C)C1Cc1ccccc1F. The number of aromatic nitrogens is 1. The molecule has 5 heteroatoms. The molecule has 1 unspecified atom stereocenters. The molecule has 0 radical (unpaired) electrons. The largest absolute Gasteiger partial charge is 0.443 e. The van der Waals surface area contributed by atoms with Gasteiger partial charge in [0.1, 0.15) is 11.4 Å². The number of carbonyl (C=O) groups excluding carboxylic acids is 1. The minimum atomic E-state index is -0.612. The summed E-state index contributed by atoms with van der Waals surface area (Å²) >= 11 is 0. The average molecular weight is 356 g/mol. The summed E-state index contributed by atoms with van der Waals surface area (Å²) in [5.74, 6) is -0.262. The molecular formula is C21H25FN2O2. The van der Waals surface area contributed by atoms with Crippen molar-refractivity contribution in [2.45, 2.75) is 58.1 Å². The van der Waals surface area contributed by atoms with Crippen LogP contribution in [0.25, 0.3) is 0 Å². The van der Waals surface area contributed by atoms with Gasteiger partial charge in [-0.25, -0.2) is 9.18 Å². The van der Waals surface area contributed by atoms with Gasteiger partial charge in [-0.1, -0.05) is 32.0 Å². The lowest BCUT2D eigenvalue weighted by atomic mass is 9.78. The molecule has 1 aromatic carbocycles. The smallest absolute Gasteiger partial charge is 0.415 e. The second-order valence-corrected chi connectivity index (χ2v) is 8.28. The van der Waals surface area contributed by atoms with Crippen molar-refractivity contribution in [3.63, 3.8) is 0 Å². The molecule has 2 aromatic rings. The third-order valence-electron chi connectivity index (χ3n) is 4.86. The molecule has 0 saturated carbocycles. The van der Waals surface area contributed by atoms with E-state index in [0.29, 0.717) is 12.0 Å². The summed E-state index contributed by atoms with van der Waals surface area (Å²) < 4.78 is 19.9. The standard InChI is InChI=1S/C21H25FN2O2/c1-20(2,3)26-19(25)24-17-10-11-23-13-15(17)21(4,5)18(24)12-14-8-6-7-9-16(14)22/h6-11,13,18H,12H2,1-5H3. The van der Waals surface area contributed by atoms with Crippen molar-refractivity contribution in [2.75, 3.05) is 4.90 Å². The molecule has 0 N–H and O–H groups in total. The Balaban J connectivity index is 2.05. The maximum atomic E-state index is 14.3. The van der Waals surface area contributed by atoms with Crippen LogP contribution >= 0.6 is 0 Å². The highest BCUT2D eigenvalue weighted by molar-refractivity contribution is 5.92. The number of ether oxygens (including phenoxy) is 1. The molecule has 4 nitrogen and oxygen atoms in total. The molecule has 0 aliphatic carbocycles. The van der Waals surface area contributed by atoms with Gasteiger partial charge >= 0.3 is 6.09 Å². The summed E-state index contributed by atoms with van der Waals surface area (Å²) in [5.41, 5.74) is 1.33. The van der Waals surface area contributed by atoms with Crippen molar-refractivity contribution < 1.29 is 13.9 Å². The van der Waals surface area contributed by atoms with E-state index in [2.05, 4.69) is 18.8 Å². The fourth-order valence-corrected chi connectivity index (χ4v) is 3.52. The molecule has 1 atom stereocenters. The Morgan fingerprint density at radius 2 is 1.96 bits per heavy atom. The van der Waals surface area contributed by atoms with Crippen LogP contribution in [-0.2, 0) is 16.6 Å². The zero-order valence-corrected chi connectivity index (χ0v) is 15.9. The quantitative estimate of drug-likeness (QED) is 0.771. The van der Waals surface area contributed by atoms with Crippen LogP contribution in [0.3, 0.4) is 0 Å². The van der Waals surface area contributed by atoms with E-state index >= 15 is 0 Å². The Bertz CT molecular complexity index is 827. The van der Waals surface area contributed by atoms with Crippen molar-refractivity contribution >= 4 is 11.8 Å². The zero-order chi connectivity index (χ0) is 19.1. The molecule has 1 aliphatic rings. The number of rotatable bonds is 2. The van der Waals surface area contributed by atoms with E-state index in [4.69, 9.17) is 4.74 Å². The lowest BCUT2D eigenvalue weighted by molar-refractivity contribution is 0.0559. The number of fused-ring (bicyclic) bond motifs is 1. The highest BCUT2D eigenvalue weighted by Crippen LogP contribution is 2.46. The van der Waals surface area contributed by atoms with E-state index in [9.17, 15) is 9.18 Å². The summed E-state index contributed by atoms with van der Waals surface area (Å²) in [6.45, 7) is 9.63. The monoisotopic (exact) mass is 356 g/mol. The summed E-state index contributed by atoms with van der Waals surface area (Å²) in [4.78, 5) is 18.9. The van der Waals surface area contributed by atoms with Gasteiger partial charge in [-0.2, -0.15) is 0 Å². The van der Waals surface area contributed by atoms with E-state index in [1.807, 2.05) is 32.9 Å². The van der Waals surface area contributed by atoms with E-state index in [1.54, 1.807) is 29.4 Å². The summed E-state index contributed by atoms with van der Waals surface area (Å²) in [5, 5.41) is 0. The maximum absolute atomic E-state index is 14.3. The first kappa shape index (κ1) is 18.4. The van der Waals surface area contributed by atoms with Gasteiger partial charge in [-0.15, -0.1) is 0 Å². The number of carbonyl (C=O) groups is 1. The number of nitrogens with zero attached hydrogens (tertiary/aromatic N) is 2. The van der Waals surface area contributed by atoms with E-state index in [1.165, 1.54) is 6.07 Å². The number of hydrogen-bond acceptors (Lipinski definition) is 3. The van der Waals surface area contributed by atoms with Gasteiger partial charge in [0.15, 0.2) is 0 Å². The van der Waals surface area contributed by atoms with E-state index in [0.717, 1.165) is 11.3 Å². The van der Waals surface area contributed by atoms with Crippen LogP contribution in [0, 0.1) is 5.82 Å². The minimum absolute atomic E-state index is 0.262. The molecule has 0 bridgehead atoms. The third-order valence-corrected chi connectivity index (χ3v) is 4.86. The molecule has 138 valence electrons. The first-order chi connectivity index (χ1) is 12.1. The topological polar surface area (TPSA) is 42.4 Å². The van der Waals surface area contributed by atoms with Crippen LogP contribution in [0.15, 0.2) is 42.7 Å². The molecule has 3 rings (SSSR count). The Morgan fingerprint density at radius 1 is 1.27 bits per heavy atom. The molecule has 0 spiro atoms. The molecular weight excluding hydrogens is 331 g/mol. The highest BCUT2D eigenvalue weighted by atomic mass is 19.1. The second kappa shape index (κ2) is 6.38. The minimum Gasteiger partial charge on any atom is -0.443 e. The normalized spacial score (nSPS) is 18.5. The molecule has 0 fully saturated rings. The third kappa shape index (κ3) is 3.30. The second-order valence-electron chi connectivity index (χ2n) is 8.28. The number of anilines is 1. The van der Waals surface area contributed by atoms with Crippen molar-refractivity contribution in [1.29, 1.82) is 0 Å². The van der Waals surface area contributed by atoms with Crippen LogP contribution in [0.4, 0.5) is 14.9 Å². The fourth-order valence-electron chi connectivity index (χ4n) is 3.52. The molecule has 0 saturated heterocycles. The molecule has 1 aromatic heterocycles. The van der Waals surface area contributed by atoms with Crippen molar-refractivity contribution in [3.8, 4) is 0 Å². The summed E-state index contributed by atoms with van der Waals surface area (Å²) in [6, 6.07) is 8.25. The fraction of sp³-hybridized carbons (Fsp3) is 0.429. The van der Waals surface area contributed by atoms with E-state index in [-0.39, 0.29) is 17.3 Å². The van der Waals surface area contributed by atoms with Crippen molar-refractivity contribution in [1.82, 2.24) is 4.98 Å². The number of pyridine rings is 1. The van der Waals surface area contributed by atoms with Gasteiger partial charge in [0, 0.05) is 23.4 Å². The van der Waals surface area contributed by atoms with Crippen LogP contribution in [0.1, 0.15) is 45.7 Å². The van der Waals surface area contributed by atoms with Gasteiger partial charge in [0.05, 0.1) is 11.7 Å². The highest BCUT2D eigenvalue weighted by Gasteiger charge is 2.48. The predicted molar refractivity (Wildman–Crippen MR) is 99.9 cm³/mol.